The number of nitrogens with one attached hydrogen (secondary N) is 1. The Hall–Kier alpha value is -2.11. The number of carbonyl (C=O) groups excluding carboxylic acids is 1. The third-order valence-corrected chi connectivity index (χ3v) is 4.39. The lowest BCUT2D eigenvalue weighted by molar-refractivity contribution is -0.187. The molecular weight excluding hydrogens is 305 g/mol. The Bertz CT molecular complexity index is 709. The summed E-state index contributed by atoms with van der Waals surface area (Å²) in [4.78, 5) is 16.5. The SMILES string of the molecule is O=C(N[C@H]1CCCC[C@H]1C(F)(F)F)c1nccc2ccccc12. The molecule has 0 spiro atoms. The number of nitrogens with zero attached hydrogens (tertiary/aromatic N) is 1. The zero-order valence-corrected chi connectivity index (χ0v) is 12.4. The van der Waals surface area contributed by atoms with Gasteiger partial charge in [-0.25, -0.2) is 0 Å². The number of hydrogen-bond donors (Lipinski definition) is 1. The molecule has 0 aliphatic heterocycles. The van der Waals surface area contributed by atoms with Crippen LogP contribution in [-0.4, -0.2) is 23.1 Å². The molecule has 0 bridgehead atoms. The van der Waals surface area contributed by atoms with E-state index in [9.17, 15) is 18.0 Å². The van der Waals surface area contributed by atoms with Crippen molar-refractivity contribution in [2.75, 3.05) is 0 Å². The quantitative estimate of drug-likeness (QED) is 0.905. The van der Waals surface area contributed by atoms with Crippen LogP contribution in [-0.2, 0) is 0 Å². The zero-order chi connectivity index (χ0) is 16.4. The fourth-order valence-corrected chi connectivity index (χ4v) is 3.23. The van der Waals surface area contributed by atoms with Gasteiger partial charge in [0.2, 0.25) is 0 Å². The number of rotatable bonds is 2. The van der Waals surface area contributed by atoms with Crippen LogP contribution in [0.3, 0.4) is 0 Å². The van der Waals surface area contributed by atoms with E-state index in [1.54, 1.807) is 18.2 Å². The number of aromatic nitrogens is 1. The lowest BCUT2D eigenvalue weighted by atomic mass is 9.84. The third kappa shape index (κ3) is 3.30. The molecule has 1 aromatic heterocycles. The van der Waals surface area contributed by atoms with E-state index in [-0.39, 0.29) is 12.1 Å². The fourth-order valence-electron chi connectivity index (χ4n) is 3.23. The Labute approximate surface area is 131 Å². The Morgan fingerprint density at radius 1 is 1.13 bits per heavy atom. The summed E-state index contributed by atoms with van der Waals surface area (Å²) in [5.74, 6) is -2.02. The van der Waals surface area contributed by atoms with Crippen molar-refractivity contribution in [1.82, 2.24) is 10.3 Å². The number of alkyl halides is 3. The van der Waals surface area contributed by atoms with Gasteiger partial charge >= 0.3 is 6.18 Å². The van der Waals surface area contributed by atoms with Gasteiger partial charge in [0.25, 0.3) is 5.91 Å². The normalized spacial score (nSPS) is 22.0. The van der Waals surface area contributed by atoms with E-state index >= 15 is 0 Å². The van der Waals surface area contributed by atoms with Crippen molar-refractivity contribution in [2.24, 2.45) is 5.92 Å². The molecule has 0 saturated heterocycles. The van der Waals surface area contributed by atoms with Gasteiger partial charge in [0.05, 0.1) is 5.92 Å². The van der Waals surface area contributed by atoms with Crippen LogP contribution in [0.5, 0.6) is 0 Å². The van der Waals surface area contributed by atoms with Crippen molar-refractivity contribution in [3.63, 3.8) is 0 Å². The molecule has 1 aliphatic rings. The average Bonchev–Trinajstić information content (AvgIpc) is 2.54. The molecule has 1 aromatic carbocycles. The van der Waals surface area contributed by atoms with Crippen LogP contribution in [0.4, 0.5) is 13.2 Å². The van der Waals surface area contributed by atoms with Crippen LogP contribution in [0.15, 0.2) is 36.5 Å². The Morgan fingerprint density at radius 2 is 1.87 bits per heavy atom. The van der Waals surface area contributed by atoms with Gasteiger partial charge in [0.15, 0.2) is 0 Å². The summed E-state index contributed by atoms with van der Waals surface area (Å²) >= 11 is 0. The molecule has 2 atom stereocenters. The van der Waals surface area contributed by atoms with E-state index < -0.39 is 24.0 Å². The molecule has 0 unspecified atom stereocenters. The second-order valence-electron chi connectivity index (χ2n) is 5.89. The molecule has 1 aliphatic carbocycles. The first kappa shape index (κ1) is 15.8. The highest BCUT2D eigenvalue weighted by Crippen LogP contribution is 2.37. The Kier molecular flexibility index (Phi) is 4.24. The van der Waals surface area contributed by atoms with Gasteiger partial charge in [0, 0.05) is 17.6 Å². The summed E-state index contributed by atoms with van der Waals surface area (Å²) in [6, 6.07) is 8.10. The molecule has 3 nitrogen and oxygen atoms in total. The van der Waals surface area contributed by atoms with E-state index in [2.05, 4.69) is 10.3 Å². The number of carbonyl (C=O) groups is 1. The van der Waals surface area contributed by atoms with Crippen molar-refractivity contribution in [3.8, 4) is 0 Å². The first-order valence-corrected chi connectivity index (χ1v) is 7.68. The number of halogens is 3. The monoisotopic (exact) mass is 322 g/mol. The second-order valence-corrected chi connectivity index (χ2v) is 5.89. The molecule has 2 aromatic rings. The van der Waals surface area contributed by atoms with E-state index in [1.165, 1.54) is 6.20 Å². The fraction of sp³-hybridized carbons (Fsp3) is 0.412. The molecule has 1 fully saturated rings. The van der Waals surface area contributed by atoms with Crippen LogP contribution in [0.2, 0.25) is 0 Å². The van der Waals surface area contributed by atoms with E-state index in [0.29, 0.717) is 24.6 Å². The minimum Gasteiger partial charge on any atom is -0.347 e. The van der Waals surface area contributed by atoms with Crippen LogP contribution >= 0.6 is 0 Å². The maximum atomic E-state index is 13.1. The number of hydrogen-bond acceptors (Lipinski definition) is 2. The number of amides is 1. The molecular formula is C17H17F3N2O. The maximum Gasteiger partial charge on any atom is 0.393 e. The highest BCUT2D eigenvalue weighted by molar-refractivity contribution is 6.05. The van der Waals surface area contributed by atoms with Gasteiger partial charge in [-0.3, -0.25) is 9.78 Å². The standard InChI is InChI=1S/C17H17F3N2O/c18-17(19,20)13-7-3-4-8-14(13)22-16(23)15-12-6-2-1-5-11(12)9-10-21-15/h1-2,5-6,9-10,13-14H,3-4,7-8H2,(H,22,23)/t13-,14+/m1/s1. The van der Waals surface area contributed by atoms with E-state index in [4.69, 9.17) is 0 Å². The molecule has 3 rings (SSSR count). The van der Waals surface area contributed by atoms with Gasteiger partial charge < -0.3 is 5.32 Å². The topological polar surface area (TPSA) is 42.0 Å². The van der Waals surface area contributed by atoms with Crippen molar-refractivity contribution in [2.45, 2.75) is 37.9 Å². The largest absolute Gasteiger partial charge is 0.393 e. The van der Waals surface area contributed by atoms with Crippen LogP contribution in [0.1, 0.15) is 36.2 Å². The van der Waals surface area contributed by atoms with Gasteiger partial charge in [-0.05, 0) is 24.3 Å². The first-order chi connectivity index (χ1) is 11.0. The van der Waals surface area contributed by atoms with E-state index in [0.717, 1.165) is 5.39 Å². The molecule has 6 heteroatoms. The molecule has 1 saturated carbocycles. The van der Waals surface area contributed by atoms with Gasteiger partial charge in [0.1, 0.15) is 5.69 Å². The maximum absolute atomic E-state index is 13.1. The number of benzene rings is 1. The second kappa shape index (κ2) is 6.18. The molecule has 122 valence electrons. The van der Waals surface area contributed by atoms with Crippen molar-refractivity contribution in [3.05, 3.63) is 42.2 Å². The summed E-state index contributed by atoms with van der Waals surface area (Å²) in [6.07, 6.45) is -1.13. The van der Waals surface area contributed by atoms with Crippen molar-refractivity contribution < 1.29 is 18.0 Å². The summed E-state index contributed by atoms with van der Waals surface area (Å²) in [6.45, 7) is 0. The molecule has 23 heavy (non-hydrogen) atoms. The van der Waals surface area contributed by atoms with Crippen molar-refractivity contribution in [1.29, 1.82) is 0 Å². The zero-order valence-electron chi connectivity index (χ0n) is 12.4. The predicted molar refractivity (Wildman–Crippen MR) is 81.0 cm³/mol. The summed E-state index contributed by atoms with van der Waals surface area (Å²) < 4.78 is 39.4. The van der Waals surface area contributed by atoms with Gasteiger partial charge in [-0.1, -0.05) is 37.1 Å². The Morgan fingerprint density at radius 3 is 2.65 bits per heavy atom. The number of pyridine rings is 1. The van der Waals surface area contributed by atoms with Crippen molar-refractivity contribution >= 4 is 16.7 Å². The highest BCUT2D eigenvalue weighted by atomic mass is 19.4. The average molecular weight is 322 g/mol. The molecule has 1 amide bonds. The van der Waals surface area contributed by atoms with Crippen LogP contribution < -0.4 is 5.32 Å². The first-order valence-electron chi connectivity index (χ1n) is 7.68. The predicted octanol–water partition coefficient (Wildman–Crippen LogP) is 4.09. The molecule has 0 radical (unpaired) electrons. The Balaban J connectivity index is 1.85. The lowest BCUT2D eigenvalue weighted by Gasteiger charge is -2.33. The third-order valence-electron chi connectivity index (χ3n) is 4.39. The smallest absolute Gasteiger partial charge is 0.347 e. The molecule has 1 heterocycles. The van der Waals surface area contributed by atoms with E-state index in [1.807, 2.05) is 12.1 Å². The summed E-state index contributed by atoms with van der Waals surface area (Å²) in [7, 11) is 0. The number of fused-ring (bicyclic) bond motifs is 1. The van der Waals surface area contributed by atoms with Gasteiger partial charge in [-0.2, -0.15) is 13.2 Å². The highest BCUT2D eigenvalue weighted by Gasteiger charge is 2.46. The molecule has 1 N–H and O–H groups in total. The lowest BCUT2D eigenvalue weighted by Crippen LogP contribution is -2.47. The van der Waals surface area contributed by atoms with Crippen LogP contribution in [0.25, 0.3) is 10.8 Å². The summed E-state index contributed by atoms with van der Waals surface area (Å²) in [5.41, 5.74) is 0.176. The minimum atomic E-state index is -4.29. The summed E-state index contributed by atoms with van der Waals surface area (Å²) in [5, 5.41) is 4.04. The minimum absolute atomic E-state index is 0.0669. The van der Waals surface area contributed by atoms with Gasteiger partial charge in [-0.15, -0.1) is 0 Å². The van der Waals surface area contributed by atoms with Crippen LogP contribution in [0, 0.1) is 5.92 Å².